The molecule has 0 radical (unpaired) electrons. The van der Waals surface area contributed by atoms with Crippen molar-refractivity contribution in [2.75, 3.05) is 31.7 Å². The Labute approximate surface area is 183 Å². The summed E-state index contributed by atoms with van der Waals surface area (Å²) in [5.74, 6) is 0.404. The van der Waals surface area contributed by atoms with Gasteiger partial charge in [-0.25, -0.2) is 0 Å². The summed E-state index contributed by atoms with van der Waals surface area (Å²) in [6.07, 6.45) is 5.57. The molecular formula is C23H33N3O3S. The van der Waals surface area contributed by atoms with E-state index in [9.17, 15) is 14.4 Å². The first kappa shape index (κ1) is 22.7. The van der Waals surface area contributed by atoms with E-state index in [1.165, 1.54) is 11.3 Å². The monoisotopic (exact) mass is 431 g/mol. The molecule has 2 aliphatic rings. The predicted molar refractivity (Wildman–Crippen MR) is 120 cm³/mol. The van der Waals surface area contributed by atoms with Crippen LogP contribution in [0.3, 0.4) is 0 Å². The Morgan fingerprint density at radius 2 is 1.97 bits per heavy atom. The Hall–Kier alpha value is -2.02. The number of likely N-dealkylation sites (N-methyl/N-ethyl adjacent to an activating group) is 1. The quantitative estimate of drug-likeness (QED) is 0.700. The number of hydrogen-bond acceptors (Lipinski definition) is 4. The average Bonchev–Trinajstić information content (AvgIpc) is 3.11. The molecular weight excluding hydrogens is 398 g/mol. The van der Waals surface area contributed by atoms with E-state index in [2.05, 4.69) is 19.2 Å². The normalized spacial score (nSPS) is 26.5. The Morgan fingerprint density at radius 1 is 1.23 bits per heavy atom. The van der Waals surface area contributed by atoms with Gasteiger partial charge in [0.2, 0.25) is 17.7 Å². The summed E-state index contributed by atoms with van der Waals surface area (Å²) in [4.78, 5) is 42.4. The van der Waals surface area contributed by atoms with E-state index in [0.29, 0.717) is 18.4 Å². The van der Waals surface area contributed by atoms with Gasteiger partial charge in [0.25, 0.3) is 0 Å². The number of carbonyl (C=O) groups is 3. The summed E-state index contributed by atoms with van der Waals surface area (Å²) < 4.78 is 0. The van der Waals surface area contributed by atoms with Crippen LogP contribution in [-0.2, 0) is 14.4 Å². The fourth-order valence-electron chi connectivity index (χ4n) is 4.75. The molecule has 3 rings (SSSR count). The van der Waals surface area contributed by atoms with Crippen molar-refractivity contribution in [2.45, 2.75) is 50.5 Å². The number of anilines is 1. The van der Waals surface area contributed by atoms with Gasteiger partial charge in [0.1, 0.15) is 0 Å². The summed E-state index contributed by atoms with van der Waals surface area (Å²) in [6.45, 7) is 4.92. The van der Waals surface area contributed by atoms with E-state index in [0.717, 1.165) is 23.4 Å². The first-order valence-corrected chi connectivity index (χ1v) is 12.0. The highest BCUT2D eigenvalue weighted by molar-refractivity contribution is 7.98. The summed E-state index contributed by atoms with van der Waals surface area (Å²) in [5, 5.41) is 2.89. The number of thioether (sulfide) groups is 1. The van der Waals surface area contributed by atoms with Crippen molar-refractivity contribution in [1.29, 1.82) is 0 Å². The molecule has 1 aliphatic carbocycles. The second-order valence-electron chi connectivity index (χ2n) is 8.72. The minimum absolute atomic E-state index is 0.0247. The third kappa shape index (κ3) is 4.99. The topological polar surface area (TPSA) is 69.7 Å². The lowest BCUT2D eigenvalue weighted by Crippen LogP contribution is -2.45. The molecule has 1 saturated heterocycles. The van der Waals surface area contributed by atoms with Crippen LogP contribution in [0.15, 0.2) is 29.2 Å². The van der Waals surface area contributed by atoms with Crippen molar-refractivity contribution in [2.24, 2.45) is 17.8 Å². The van der Waals surface area contributed by atoms with Crippen LogP contribution in [0.5, 0.6) is 0 Å². The van der Waals surface area contributed by atoms with E-state index < -0.39 is 0 Å². The Kier molecular flexibility index (Phi) is 7.45. The van der Waals surface area contributed by atoms with E-state index in [1.807, 2.05) is 35.4 Å². The van der Waals surface area contributed by atoms with Gasteiger partial charge >= 0.3 is 0 Å². The summed E-state index contributed by atoms with van der Waals surface area (Å²) in [6, 6.07) is 7.83. The van der Waals surface area contributed by atoms with E-state index in [4.69, 9.17) is 0 Å². The van der Waals surface area contributed by atoms with Crippen LogP contribution in [0.1, 0.15) is 39.5 Å². The maximum absolute atomic E-state index is 12.9. The van der Waals surface area contributed by atoms with Gasteiger partial charge in [-0.2, -0.15) is 0 Å². The standard InChI is InChI=1S/C23H33N3O3S/c1-15-8-7-10-19(16(15)2)26-13-17(12-22(26)28)23(29)25(3)14-21(27)24-18-9-5-6-11-20(18)30-4/h5-6,9,11,15-17,19H,7-8,10,12-14H2,1-4H3,(H,24,27)/t15-,16+,17-,19+/m1/s1. The molecule has 1 N–H and O–H groups in total. The zero-order valence-electron chi connectivity index (χ0n) is 18.4. The van der Waals surface area contributed by atoms with Crippen LogP contribution < -0.4 is 5.32 Å². The van der Waals surface area contributed by atoms with Crippen molar-refractivity contribution in [3.05, 3.63) is 24.3 Å². The van der Waals surface area contributed by atoms with Crippen LogP contribution in [0.2, 0.25) is 0 Å². The molecule has 3 amide bonds. The lowest BCUT2D eigenvalue weighted by atomic mass is 9.77. The SMILES string of the molecule is CSc1ccccc1NC(=O)CN(C)C(=O)[C@@H]1CC(=O)N([C@H]2CCC[C@@H](C)[C@@H]2C)C1. The van der Waals surface area contributed by atoms with E-state index in [1.54, 1.807) is 18.8 Å². The summed E-state index contributed by atoms with van der Waals surface area (Å²) >= 11 is 1.56. The van der Waals surface area contributed by atoms with Crippen molar-refractivity contribution >= 4 is 35.2 Å². The molecule has 1 aliphatic heterocycles. The summed E-state index contributed by atoms with van der Waals surface area (Å²) in [7, 11) is 1.64. The zero-order valence-corrected chi connectivity index (χ0v) is 19.2. The van der Waals surface area contributed by atoms with Gasteiger partial charge in [0.15, 0.2) is 0 Å². The third-order valence-electron chi connectivity index (χ3n) is 6.71. The van der Waals surface area contributed by atoms with Crippen molar-refractivity contribution in [1.82, 2.24) is 9.80 Å². The molecule has 164 valence electrons. The molecule has 1 aromatic carbocycles. The fourth-order valence-corrected chi connectivity index (χ4v) is 5.31. The van der Waals surface area contributed by atoms with Gasteiger partial charge in [0, 0.05) is 31.0 Å². The Balaban J connectivity index is 1.57. The van der Waals surface area contributed by atoms with Gasteiger partial charge < -0.3 is 15.1 Å². The molecule has 0 bridgehead atoms. The summed E-state index contributed by atoms with van der Waals surface area (Å²) in [5.41, 5.74) is 0.749. The molecule has 4 atom stereocenters. The molecule has 0 spiro atoms. The molecule has 30 heavy (non-hydrogen) atoms. The molecule has 1 heterocycles. The minimum Gasteiger partial charge on any atom is -0.339 e. The third-order valence-corrected chi connectivity index (χ3v) is 7.51. The van der Waals surface area contributed by atoms with Gasteiger partial charge in [0.05, 0.1) is 18.2 Å². The van der Waals surface area contributed by atoms with Gasteiger partial charge in [-0.1, -0.05) is 38.8 Å². The Bertz CT molecular complexity index is 800. The highest BCUT2D eigenvalue weighted by Gasteiger charge is 2.42. The minimum atomic E-state index is -0.363. The Morgan fingerprint density at radius 3 is 2.70 bits per heavy atom. The number of rotatable bonds is 6. The highest BCUT2D eigenvalue weighted by Crippen LogP contribution is 2.36. The second kappa shape index (κ2) is 9.86. The van der Waals surface area contributed by atoms with Crippen LogP contribution in [-0.4, -0.2) is 60.0 Å². The molecule has 6 nitrogen and oxygen atoms in total. The number of para-hydroxylation sites is 1. The smallest absolute Gasteiger partial charge is 0.244 e. The molecule has 0 unspecified atom stereocenters. The average molecular weight is 432 g/mol. The van der Waals surface area contributed by atoms with Crippen molar-refractivity contribution in [3.8, 4) is 0 Å². The molecule has 7 heteroatoms. The van der Waals surface area contributed by atoms with E-state index >= 15 is 0 Å². The zero-order chi connectivity index (χ0) is 21.8. The van der Waals surface area contributed by atoms with Crippen LogP contribution in [0, 0.1) is 17.8 Å². The van der Waals surface area contributed by atoms with Crippen LogP contribution in [0.4, 0.5) is 5.69 Å². The number of nitrogens with one attached hydrogen (secondary N) is 1. The van der Waals surface area contributed by atoms with E-state index in [-0.39, 0.29) is 42.6 Å². The highest BCUT2D eigenvalue weighted by atomic mass is 32.2. The second-order valence-corrected chi connectivity index (χ2v) is 9.57. The maximum Gasteiger partial charge on any atom is 0.244 e. The lowest BCUT2D eigenvalue weighted by Gasteiger charge is -2.40. The lowest BCUT2D eigenvalue weighted by molar-refractivity contribution is -0.137. The van der Waals surface area contributed by atoms with Gasteiger partial charge in [-0.15, -0.1) is 11.8 Å². The van der Waals surface area contributed by atoms with Gasteiger partial charge in [-0.05, 0) is 36.6 Å². The largest absolute Gasteiger partial charge is 0.339 e. The fraction of sp³-hybridized carbons (Fsp3) is 0.609. The number of likely N-dealkylation sites (tertiary alicyclic amines) is 1. The maximum atomic E-state index is 12.9. The molecule has 0 aromatic heterocycles. The van der Waals surface area contributed by atoms with Crippen LogP contribution >= 0.6 is 11.8 Å². The molecule has 1 aromatic rings. The number of benzene rings is 1. The van der Waals surface area contributed by atoms with Crippen molar-refractivity contribution in [3.63, 3.8) is 0 Å². The predicted octanol–water partition coefficient (Wildman–Crippen LogP) is 3.48. The van der Waals surface area contributed by atoms with Crippen molar-refractivity contribution < 1.29 is 14.4 Å². The number of carbonyl (C=O) groups excluding carboxylic acids is 3. The first-order chi connectivity index (χ1) is 14.3. The van der Waals surface area contributed by atoms with Crippen LogP contribution in [0.25, 0.3) is 0 Å². The number of hydrogen-bond donors (Lipinski definition) is 1. The van der Waals surface area contributed by atoms with Gasteiger partial charge in [-0.3, -0.25) is 14.4 Å². The number of amides is 3. The molecule has 1 saturated carbocycles. The molecule has 2 fully saturated rings. The number of nitrogens with zero attached hydrogens (tertiary/aromatic N) is 2. The first-order valence-electron chi connectivity index (χ1n) is 10.8.